The van der Waals surface area contributed by atoms with Crippen LogP contribution in [0.15, 0.2) is 0 Å². The Kier molecular flexibility index (Phi) is 2.23. The smallest absolute Gasteiger partial charge is 0.207 e. The maximum Gasteiger partial charge on any atom is 0.207 e. The highest BCUT2D eigenvalue weighted by Crippen LogP contribution is 2.17. The summed E-state index contributed by atoms with van der Waals surface area (Å²) in [6.07, 6.45) is 3.03. The number of ether oxygens (including phenoxy) is 1. The van der Waals surface area contributed by atoms with E-state index in [-0.39, 0.29) is 0 Å². The third-order valence-electron chi connectivity index (χ3n) is 1.65. The Bertz CT molecular complexity index is 93.0. The van der Waals surface area contributed by atoms with Crippen LogP contribution >= 0.6 is 0 Å². The third-order valence-corrected chi connectivity index (χ3v) is 2.74. The normalized spacial score (nSPS) is 38.0. The molecule has 0 saturated carbocycles. The van der Waals surface area contributed by atoms with Crippen LogP contribution < -0.4 is 5.73 Å². The molecule has 0 bridgehead atoms. The van der Waals surface area contributed by atoms with Crippen molar-refractivity contribution in [1.29, 1.82) is 0 Å². The molecule has 1 atom stereocenters. The van der Waals surface area contributed by atoms with Crippen LogP contribution in [0.5, 0.6) is 0 Å². The van der Waals surface area contributed by atoms with Crippen molar-refractivity contribution in [2.45, 2.75) is 24.6 Å². The zero-order chi connectivity index (χ0) is 6.74. The van der Waals surface area contributed by atoms with Gasteiger partial charge in [0.25, 0.3) is 0 Å². The first-order valence-electron chi connectivity index (χ1n) is 3.30. The van der Waals surface area contributed by atoms with Crippen LogP contribution in [0.25, 0.3) is 0 Å². The van der Waals surface area contributed by atoms with Gasteiger partial charge in [-0.15, -0.1) is 0 Å². The summed E-state index contributed by atoms with van der Waals surface area (Å²) in [5.41, 5.74) is 5.65. The van der Waals surface area contributed by atoms with Gasteiger partial charge in [-0.3, -0.25) is 0 Å². The van der Waals surface area contributed by atoms with Crippen molar-refractivity contribution in [1.82, 2.24) is 0 Å². The summed E-state index contributed by atoms with van der Waals surface area (Å²) in [6.45, 7) is 0.726. The molecule has 9 heavy (non-hydrogen) atoms. The lowest BCUT2D eigenvalue weighted by Crippen LogP contribution is -2.50. The molecule has 0 radical (unpaired) electrons. The maximum atomic E-state index is 8.84. The van der Waals surface area contributed by atoms with Gasteiger partial charge in [0.15, 0.2) is 0 Å². The lowest BCUT2D eigenvalue weighted by atomic mass is 10.2. The van der Waals surface area contributed by atoms with Gasteiger partial charge in [-0.25, -0.2) is 0 Å². The van der Waals surface area contributed by atoms with Gasteiger partial charge in [0.1, 0.15) is 5.35 Å². The molecule has 0 amide bonds. The van der Waals surface area contributed by atoms with E-state index in [0.717, 1.165) is 25.9 Å². The standard InChI is InChI=1S/C5H13NO2Si/c6-5(9-7)3-1-2-4-8-5/h7H,1-4,6,9H2. The second-order valence-corrected chi connectivity index (χ2v) is 4.04. The quantitative estimate of drug-likeness (QED) is 0.462. The molecule has 0 aromatic heterocycles. The second kappa shape index (κ2) is 2.79. The third kappa shape index (κ3) is 1.75. The molecule has 0 aromatic carbocycles. The van der Waals surface area contributed by atoms with Crippen LogP contribution in [0.3, 0.4) is 0 Å². The van der Waals surface area contributed by atoms with E-state index in [9.17, 15) is 0 Å². The molecular formula is C5H13NO2Si. The average Bonchev–Trinajstić information content (AvgIpc) is 1.90. The molecule has 3 nitrogen and oxygen atoms in total. The van der Waals surface area contributed by atoms with Gasteiger partial charge in [-0.1, -0.05) is 0 Å². The fourth-order valence-electron chi connectivity index (χ4n) is 0.999. The highest BCUT2D eigenvalue weighted by molar-refractivity contribution is 6.29. The molecule has 0 aromatic rings. The molecule has 1 fully saturated rings. The van der Waals surface area contributed by atoms with E-state index in [1.165, 1.54) is 0 Å². The first-order valence-corrected chi connectivity index (χ1v) is 4.64. The maximum absolute atomic E-state index is 8.84. The van der Waals surface area contributed by atoms with E-state index < -0.39 is 15.1 Å². The second-order valence-electron chi connectivity index (χ2n) is 2.53. The van der Waals surface area contributed by atoms with Crippen molar-refractivity contribution in [2.75, 3.05) is 6.61 Å². The summed E-state index contributed by atoms with van der Waals surface area (Å²) in [5, 5.41) is -0.585. The number of hydrogen-bond acceptors (Lipinski definition) is 3. The molecule has 1 aliphatic heterocycles. The average molecular weight is 147 g/mol. The topological polar surface area (TPSA) is 55.5 Å². The van der Waals surface area contributed by atoms with Crippen molar-refractivity contribution < 1.29 is 9.53 Å². The molecule has 1 heterocycles. The molecule has 0 spiro atoms. The Morgan fingerprint density at radius 1 is 1.56 bits per heavy atom. The molecular weight excluding hydrogens is 134 g/mol. The van der Waals surface area contributed by atoms with E-state index in [1.54, 1.807) is 0 Å². The van der Waals surface area contributed by atoms with Gasteiger partial charge < -0.3 is 15.3 Å². The summed E-state index contributed by atoms with van der Waals surface area (Å²) in [7, 11) is -1.17. The van der Waals surface area contributed by atoms with Gasteiger partial charge in [0.05, 0.1) is 0 Å². The molecule has 0 aliphatic carbocycles. The summed E-state index contributed by atoms with van der Waals surface area (Å²) in [4.78, 5) is 8.84. The Labute approximate surface area is 57.1 Å². The highest BCUT2D eigenvalue weighted by Gasteiger charge is 2.27. The van der Waals surface area contributed by atoms with Crippen molar-refractivity contribution in [3.05, 3.63) is 0 Å². The Balaban J connectivity index is 2.37. The molecule has 1 aliphatic rings. The predicted octanol–water partition coefficient (Wildman–Crippen LogP) is -1.12. The molecule has 1 rings (SSSR count). The zero-order valence-electron chi connectivity index (χ0n) is 5.47. The number of nitrogens with two attached hydrogens (primary N) is 1. The van der Waals surface area contributed by atoms with Crippen molar-refractivity contribution >= 4 is 9.76 Å². The fourth-order valence-corrected chi connectivity index (χ4v) is 1.64. The van der Waals surface area contributed by atoms with Crippen LogP contribution in [0.4, 0.5) is 0 Å². The van der Waals surface area contributed by atoms with Crippen LogP contribution in [-0.4, -0.2) is 26.5 Å². The Hall–Kier alpha value is 0.0969. The number of rotatable bonds is 1. The van der Waals surface area contributed by atoms with Gasteiger partial charge in [-0.05, 0) is 19.3 Å². The first-order chi connectivity index (χ1) is 4.27. The predicted molar refractivity (Wildman–Crippen MR) is 37.5 cm³/mol. The first kappa shape index (κ1) is 7.21. The molecule has 3 N–H and O–H groups in total. The van der Waals surface area contributed by atoms with E-state index in [1.807, 2.05) is 0 Å². The van der Waals surface area contributed by atoms with Crippen molar-refractivity contribution in [2.24, 2.45) is 5.73 Å². The molecule has 54 valence electrons. The summed E-state index contributed by atoms with van der Waals surface area (Å²) in [6, 6.07) is 0. The monoisotopic (exact) mass is 147 g/mol. The Morgan fingerprint density at radius 3 is 2.67 bits per heavy atom. The van der Waals surface area contributed by atoms with Gasteiger partial charge in [-0.2, -0.15) is 0 Å². The number of hydrogen-bond donors (Lipinski definition) is 2. The lowest BCUT2D eigenvalue weighted by molar-refractivity contribution is -0.0221. The van der Waals surface area contributed by atoms with E-state index in [2.05, 4.69) is 0 Å². The van der Waals surface area contributed by atoms with Crippen LogP contribution in [0.1, 0.15) is 19.3 Å². The van der Waals surface area contributed by atoms with Gasteiger partial charge in [0.2, 0.25) is 9.76 Å². The van der Waals surface area contributed by atoms with E-state index in [0.29, 0.717) is 0 Å². The van der Waals surface area contributed by atoms with E-state index in [4.69, 9.17) is 15.3 Å². The van der Waals surface area contributed by atoms with Gasteiger partial charge >= 0.3 is 0 Å². The highest BCUT2D eigenvalue weighted by atomic mass is 28.2. The van der Waals surface area contributed by atoms with Gasteiger partial charge in [0, 0.05) is 6.61 Å². The van der Waals surface area contributed by atoms with Crippen LogP contribution in [-0.2, 0) is 4.74 Å². The largest absolute Gasteiger partial charge is 0.433 e. The van der Waals surface area contributed by atoms with Crippen molar-refractivity contribution in [3.63, 3.8) is 0 Å². The minimum absolute atomic E-state index is 0.585. The minimum Gasteiger partial charge on any atom is -0.433 e. The zero-order valence-corrected chi connectivity index (χ0v) is 6.88. The van der Waals surface area contributed by atoms with E-state index >= 15 is 0 Å². The minimum atomic E-state index is -1.17. The van der Waals surface area contributed by atoms with Crippen molar-refractivity contribution in [3.8, 4) is 0 Å². The molecule has 1 unspecified atom stereocenters. The van der Waals surface area contributed by atoms with Crippen LogP contribution in [0.2, 0.25) is 0 Å². The van der Waals surface area contributed by atoms with Crippen LogP contribution in [0, 0.1) is 0 Å². The lowest BCUT2D eigenvalue weighted by Gasteiger charge is -2.30. The summed E-state index contributed by atoms with van der Waals surface area (Å²) >= 11 is 0. The molecule has 1 saturated heterocycles. The SMILES string of the molecule is NC1([SiH2]O)CCCCO1. The Morgan fingerprint density at radius 2 is 2.33 bits per heavy atom. The summed E-state index contributed by atoms with van der Waals surface area (Å²) < 4.78 is 5.20. The summed E-state index contributed by atoms with van der Waals surface area (Å²) in [5.74, 6) is 0. The molecule has 4 heteroatoms. The fraction of sp³-hybridized carbons (Fsp3) is 1.00.